The van der Waals surface area contributed by atoms with Gasteiger partial charge < -0.3 is 25.8 Å². The van der Waals surface area contributed by atoms with Crippen molar-refractivity contribution in [3.8, 4) is 11.5 Å². The van der Waals surface area contributed by atoms with Gasteiger partial charge in [0.2, 0.25) is 5.96 Å². The van der Waals surface area contributed by atoms with Gasteiger partial charge in [0, 0.05) is 29.5 Å². The summed E-state index contributed by atoms with van der Waals surface area (Å²) in [6, 6.07) is 12.8. The summed E-state index contributed by atoms with van der Waals surface area (Å²) in [5.41, 5.74) is 6.73. The van der Waals surface area contributed by atoms with Crippen molar-refractivity contribution in [2.45, 2.75) is 26.6 Å². The van der Waals surface area contributed by atoms with E-state index < -0.39 is 17.8 Å². The molecule has 12 heteroatoms. The topological polar surface area (TPSA) is 110 Å². The van der Waals surface area contributed by atoms with Gasteiger partial charge in [-0.05, 0) is 55.6 Å². The molecular formula is C25H30F3N7O2. The zero-order chi connectivity index (χ0) is 27.0. The summed E-state index contributed by atoms with van der Waals surface area (Å²) in [6.45, 7) is 6.40. The Bertz CT molecular complexity index is 1210. The molecule has 0 amide bonds. The molecule has 0 atom stereocenters. The minimum Gasteiger partial charge on any atom is -0.497 e. The third-order valence-corrected chi connectivity index (χ3v) is 5.43. The first-order chi connectivity index (χ1) is 17.6. The molecule has 3 rings (SSSR count). The van der Waals surface area contributed by atoms with E-state index in [2.05, 4.69) is 44.3 Å². The Kier molecular flexibility index (Phi) is 9.12. The number of nitrogens with two attached hydrogens (primary N) is 1. The van der Waals surface area contributed by atoms with Crippen LogP contribution in [0.5, 0.6) is 11.5 Å². The van der Waals surface area contributed by atoms with Gasteiger partial charge in [-0.15, -0.1) is 0 Å². The van der Waals surface area contributed by atoms with E-state index in [1.807, 2.05) is 6.07 Å². The lowest BCUT2D eigenvalue weighted by atomic mass is 10.1. The minimum atomic E-state index is -4.71. The zero-order valence-electron chi connectivity index (χ0n) is 21.1. The lowest BCUT2D eigenvalue weighted by Crippen LogP contribution is -2.22. The van der Waals surface area contributed by atoms with Crippen LogP contribution in [-0.2, 0) is 12.7 Å². The fraction of sp³-hybridized carbons (Fsp3) is 0.320. The molecule has 0 unspecified atom stereocenters. The molecule has 0 saturated carbocycles. The Hall–Kier alpha value is -4.06. The highest BCUT2D eigenvalue weighted by Crippen LogP contribution is 2.32. The van der Waals surface area contributed by atoms with Gasteiger partial charge >= 0.3 is 6.18 Å². The van der Waals surface area contributed by atoms with Crippen molar-refractivity contribution < 1.29 is 22.6 Å². The summed E-state index contributed by atoms with van der Waals surface area (Å²) < 4.78 is 51.3. The van der Waals surface area contributed by atoms with Crippen LogP contribution in [0.1, 0.15) is 25.1 Å². The molecule has 0 fully saturated rings. The largest absolute Gasteiger partial charge is 0.497 e. The lowest BCUT2D eigenvalue weighted by molar-refractivity contribution is -0.141. The normalized spacial score (nSPS) is 11.9. The number of aromatic nitrogens is 2. The second-order valence-corrected chi connectivity index (χ2v) is 7.90. The molecule has 0 aliphatic rings. The first-order valence-corrected chi connectivity index (χ1v) is 11.5. The molecule has 37 heavy (non-hydrogen) atoms. The smallest absolute Gasteiger partial charge is 0.433 e. The molecule has 0 bridgehead atoms. The monoisotopic (exact) mass is 517 g/mol. The van der Waals surface area contributed by atoms with Crippen molar-refractivity contribution in [1.29, 1.82) is 0 Å². The van der Waals surface area contributed by atoms with E-state index >= 15 is 0 Å². The van der Waals surface area contributed by atoms with E-state index in [9.17, 15) is 13.2 Å². The van der Waals surface area contributed by atoms with Crippen molar-refractivity contribution in [2.75, 3.05) is 37.9 Å². The average Bonchev–Trinajstić information content (AvgIpc) is 2.87. The number of rotatable bonds is 10. The molecule has 3 aromatic rings. The third-order valence-electron chi connectivity index (χ3n) is 5.43. The summed E-state index contributed by atoms with van der Waals surface area (Å²) in [7, 11) is 3.11. The molecule has 4 N–H and O–H groups in total. The first-order valence-electron chi connectivity index (χ1n) is 11.5. The molecule has 0 saturated heterocycles. The van der Waals surface area contributed by atoms with Crippen molar-refractivity contribution in [3.63, 3.8) is 0 Å². The second-order valence-electron chi connectivity index (χ2n) is 7.90. The fourth-order valence-electron chi connectivity index (χ4n) is 3.47. The number of hydrogen-bond acceptors (Lipinski definition) is 7. The predicted molar refractivity (Wildman–Crippen MR) is 138 cm³/mol. The van der Waals surface area contributed by atoms with Crippen LogP contribution in [0.4, 0.5) is 36.3 Å². The summed E-state index contributed by atoms with van der Waals surface area (Å²) in [5.74, 6) is 0.599. The number of nitrogens with zero attached hydrogens (tertiary/aromatic N) is 4. The van der Waals surface area contributed by atoms with Crippen molar-refractivity contribution >= 4 is 29.1 Å². The predicted octanol–water partition coefficient (Wildman–Crippen LogP) is 5.16. The SMILES string of the molecule is CCN(CC)Cc1cc(Nc2cc(C(F)(F)F)nc(N=C(N)Nc3ccc(OC)cc3)n2)ccc1OC. The van der Waals surface area contributed by atoms with Crippen LogP contribution in [0.15, 0.2) is 53.5 Å². The minimum absolute atomic E-state index is 0.0859. The van der Waals surface area contributed by atoms with E-state index in [4.69, 9.17) is 15.2 Å². The van der Waals surface area contributed by atoms with Gasteiger partial charge in [0.1, 0.15) is 17.3 Å². The van der Waals surface area contributed by atoms with E-state index in [1.54, 1.807) is 43.5 Å². The van der Waals surface area contributed by atoms with Crippen LogP contribution in [0.3, 0.4) is 0 Å². The van der Waals surface area contributed by atoms with E-state index in [1.165, 1.54) is 7.11 Å². The number of ether oxygens (including phenoxy) is 2. The van der Waals surface area contributed by atoms with E-state index in [-0.39, 0.29) is 11.8 Å². The van der Waals surface area contributed by atoms with E-state index in [0.29, 0.717) is 29.4 Å². The molecule has 0 aliphatic heterocycles. The van der Waals surface area contributed by atoms with Crippen LogP contribution < -0.4 is 25.8 Å². The van der Waals surface area contributed by atoms with Crippen LogP contribution in [0.25, 0.3) is 0 Å². The van der Waals surface area contributed by atoms with Crippen molar-refractivity contribution in [2.24, 2.45) is 10.7 Å². The van der Waals surface area contributed by atoms with Crippen LogP contribution in [0, 0.1) is 0 Å². The Morgan fingerprint density at radius 3 is 2.24 bits per heavy atom. The quantitative estimate of drug-likeness (QED) is 0.250. The van der Waals surface area contributed by atoms with Gasteiger partial charge in [0.15, 0.2) is 5.69 Å². The molecule has 0 aliphatic carbocycles. The molecule has 1 heterocycles. The Morgan fingerprint density at radius 1 is 0.973 bits per heavy atom. The number of guanidine groups is 1. The number of aliphatic imine (C=N–C) groups is 1. The average molecular weight is 518 g/mol. The first kappa shape index (κ1) is 27.5. The number of anilines is 3. The summed E-state index contributed by atoms with van der Waals surface area (Å²) in [4.78, 5) is 13.8. The van der Waals surface area contributed by atoms with Gasteiger partial charge in [0.05, 0.1) is 14.2 Å². The molecule has 9 nitrogen and oxygen atoms in total. The maximum atomic E-state index is 13.6. The lowest BCUT2D eigenvalue weighted by Gasteiger charge is -2.20. The van der Waals surface area contributed by atoms with Gasteiger partial charge in [-0.1, -0.05) is 13.8 Å². The van der Waals surface area contributed by atoms with Gasteiger partial charge in [-0.2, -0.15) is 23.1 Å². The standard InChI is InChI=1S/C25H30F3N7O2/c1-5-35(6-2)15-16-13-18(9-12-20(16)37-4)30-22-14-21(25(26,27)28)32-24(33-22)34-23(29)31-17-7-10-19(36-3)11-8-17/h7-14H,5-6,15H2,1-4H3,(H4,29,30,31,32,33,34). The van der Waals surface area contributed by atoms with Crippen LogP contribution >= 0.6 is 0 Å². The summed E-state index contributed by atoms with van der Waals surface area (Å²) >= 11 is 0. The number of nitrogens with one attached hydrogen (secondary N) is 2. The fourth-order valence-corrected chi connectivity index (χ4v) is 3.47. The number of methoxy groups -OCH3 is 2. The molecule has 198 valence electrons. The molecule has 2 aromatic carbocycles. The Morgan fingerprint density at radius 2 is 1.65 bits per heavy atom. The molecule has 0 radical (unpaired) electrons. The molecule has 0 spiro atoms. The van der Waals surface area contributed by atoms with Gasteiger partial charge in [-0.25, -0.2) is 4.98 Å². The summed E-state index contributed by atoms with van der Waals surface area (Å²) in [5, 5.41) is 5.71. The summed E-state index contributed by atoms with van der Waals surface area (Å²) in [6.07, 6.45) is -4.71. The van der Waals surface area contributed by atoms with Crippen molar-refractivity contribution in [1.82, 2.24) is 14.9 Å². The number of alkyl halides is 3. The van der Waals surface area contributed by atoms with Gasteiger partial charge in [-0.3, -0.25) is 4.90 Å². The highest BCUT2D eigenvalue weighted by molar-refractivity contribution is 5.93. The number of benzene rings is 2. The highest BCUT2D eigenvalue weighted by Gasteiger charge is 2.34. The highest BCUT2D eigenvalue weighted by atomic mass is 19.4. The van der Waals surface area contributed by atoms with Crippen molar-refractivity contribution in [3.05, 3.63) is 59.8 Å². The zero-order valence-corrected chi connectivity index (χ0v) is 21.1. The third kappa shape index (κ3) is 7.71. The maximum absolute atomic E-state index is 13.6. The van der Waals surface area contributed by atoms with Crippen LogP contribution in [-0.4, -0.2) is 48.1 Å². The van der Waals surface area contributed by atoms with E-state index in [0.717, 1.165) is 24.7 Å². The number of hydrogen-bond donors (Lipinski definition) is 3. The van der Waals surface area contributed by atoms with Gasteiger partial charge in [0.25, 0.3) is 5.95 Å². The Labute approximate surface area is 213 Å². The molecule has 1 aromatic heterocycles. The molecular weight excluding hydrogens is 487 g/mol. The maximum Gasteiger partial charge on any atom is 0.433 e. The van der Waals surface area contributed by atoms with Crippen LogP contribution in [0.2, 0.25) is 0 Å². The second kappa shape index (κ2) is 12.3. The Balaban J connectivity index is 1.90. The number of halogens is 3.